The van der Waals surface area contributed by atoms with E-state index >= 15 is 0 Å². The number of aliphatic hydroxyl groups excluding tert-OH is 2. The lowest BCUT2D eigenvalue weighted by Gasteiger charge is -2.48. The van der Waals surface area contributed by atoms with Crippen LogP contribution >= 0.6 is 0 Å². The molecule has 6 heterocycles. The number of pyridine rings is 2. The minimum Gasteiger partial charge on any atom is -0.488 e. The van der Waals surface area contributed by atoms with Gasteiger partial charge in [-0.1, -0.05) is 27.7 Å². The molecule has 0 aromatic carbocycles. The second-order valence-electron chi connectivity index (χ2n) is 19.6. The monoisotopic (exact) mass is 866 g/mol. The molecule has 62 heavy (non-hydrogen) atoms. The average molecular weight is 867 g/mol. The van der Waals surface area contributed by atoms with Crippen LogP contribution in [0.5, 0.6) is 11.5 Å². The molecule has 17 heteroatoms. The summed E-state index contributed by atoms with van der Waals surface area (Å²) < 4.78 is 54.4. The molecule has 15 nitrogen and oxygen atoms in total. The molecular weight excluding hydrogens is 803 g/mol. The van der Waals surface area contributed by atoms with Crippen LogP contribution in [0.1, 0.15) is 84.0 Å². The van der Waals surface area contributed by atoms with Crippen LogP contribution in [0, 0.1) is 22.2 Å². The molecule has 2 aromatic rings. The van der Waals surface area contributed by atoms with Crippen LogP contribution in [0.2, 0.25) is 0 Å². The van der Waals surface area contributed by atoms with E-state index in [1.54, 1.807) is 6.20 Å². The fourth-order valence-electron chi connectivity index (χ4n) is 8.22. The van der Waals surface area contributed by atoms with Gasteiger partial charge in [-0.15, -0.1) is 0 Å². The molecule has 1 atom stereocenters. The van der Waals surface area contributed by atoms with Gasteiger partial charge in [-0.25, -0.2) is 13.8 Å². The first-order valence-corrected chi connectivity index (χ1v) is 22.2. The molecule has 7 aliphatic rings. The van der Waals surface area contributed by atoms with Crippen molar-refractivity contribution < 1.29 is 42.7 Å². The molecule has 4 aliphatic heterocycles. The molecule has 0 amide bonds. The SMILES string of the molecule is CC(C)/C(=C\NCC1CC2(CC2)CO1)c1ncc(N2CC(C)(CO)C2)cc1OC1CC1.CC1(CO)CN(c2cnc(/C(C=NCC3OCC(F)(F)CO3)=N/N)c(OC3CC3)c2)C1. The van der Waals surface area contributed by atoms with Crippen LogP contribution in [0.4, 0.5) is 20.2 Å². The molecule has 1 spiro atoms. The third-order valence-corrected chi connectivity index (χ3v) is 12.6. The lowest BCUT2D eigenvalue weighted by molar-refractivity contribution is -0.262. The number of anilines is 2. The van der Waals surface area contributed by atoms with Crippen molar-refractivity contribution in [2.75, 3.05) is 82.1 Å². The van der Waals surface area contributed by atoms with Crippen molar-refractivity contribution in [2.24, 2.45) is 38.1 Å². The van der Waals surface area contributed by atoms with Gasteiger partial charge < -0.3 is 54.9 Å². The van der Waals surface area contributed by atoms with E-state index in [4.69, 9.17) is 34.5 Å². The number of allylic oxidation sites excluding steroid dienone is 1. The van der Waals surface area contributed by atoms with Gasteiger partial charge in [-0.05, 0) is 61.9 Å². The number of aromatic nitrogens is 2. The number of halogens is 2. The average Bonchev–Trinajstić information content (AvgIpc) is 4.15. The van der Waals surface area contributed by atoms with Gasteiger partial charge in [0.05, 0.1) is 74.7 Å². The number of hydrazone groups is 1. The number of nitrogens with zero attached hydrogens (tertiary/aromatic N) is 6. The summed E-state index contributed by atoms with van der Waals surface area (Å²) in [5.41, 5.74) is 5.22. The van der Waals surface area contributed by atoms with Gasteiger partial charge in [-0.2, -0.15) is 5.10 Å². The summed E-state index contributed by atoms with van der Waals surface area (Å²) in [6, 6.07) is 4.04. The van der Waals surface area contributed by atoms with Crippen LogP contribution in [0.25, 0.3) is 5.57 Å². The first kappa shape index (κ1) is 44.4. The van der Waals surface area contributed by atoms with Gasteiger partial charge in [0, 0.05) is 61.9 Å². The Morgan fingerprint density at radius 2 is 1.44 bits per heavy atom. The normalized spacial score (nSPS) is 25.0. The summed E-state index contributed by atoms with van der Waals surface area (Å²) in [4.78, 5) is 17.9. The summed E-state index contributed by atoms with van der Waals surface area (Å²) in [5.74, 6) is 4.35. The van der Waals surface area contributed by atoms with Gasteiger partial charge in [-0.3, -0.25) is 9.98 Å². The number of aliphatic hydroxyl groups is 2. The third kappa shape index (κ3) is 11.0. The first-order valence-electron chi connectivity index (χ1n) is 22.2. The molecule has 0 radical (unpaired) electrons. The molecule has 9 rings (SSSR count). The highest BCUT2D eigenvalue weighted by Gasteiger charge is 2.49. The first-order chi connectivity index (χ1) is 29.7. The highest BCUT2D eigenvalue weighted by molar-refractivity contribution is 6.38. The maximum Gasteiger partial charge on any atom is 0.293 e. The Labute approximate surface area is 363 Å². The summed E-state index contributed by atoms with van der Waals surface area (Å²) in [6.07, 6.45) is 15.2. The topological polar surface area (TPSA) is 182 Å². The van der Waals surface area contributed by atoms with Gasteiger partial charge in [0.2, 0.25) is 0 Å². The Balaban J connectivity index is 0.000000171. The van der Waals surface area contributed by atoms with Crippen LogP contribution in [-0.4, -0.2) is 135 Å². The van der Waals surface area contributed by atoms with Crippen LogP contribution < -0.4 is 30.4 Å². The van der Waals surface area contributed by atoms with Crippen molar-refractivity contribution in [1.82, 2.24) is 15.3 Å². The Bertz CT molecular complexity index is 1970. The van der Waals surface area contributed by atoms with Gasteiger partial charge in [0.25, 0.3) is 5.92 Å². The summed E-state index contributed by atoms with van der Waals surface area (Å²) in [7, 11) is 0. The second kappa shape index (κ2) is 18.1. The van der Waals surface area contributed by atoms with Crippen LogP contribution in [-0.2, 0) is 14.2 Å². The number of nitrogens with two attached hydrogens (primary N) is 1. The molecule has 1 unspecified atom stereocenters. The van der Waals surface area contributed by atoms with E-state index in [0.29, 0.717) is 40.7 Å². The van der Waals surface area contributed by atoms with Gasteiger partial charge in [0.1, 0.15) is 41.8 Å². The van der Waals surface area contributed by atoms with E-state index in [-0.39, 0.29) is 36.7 Å². The molecule has 2 aromatic heterocycles. The number of ether oxygens (including phenoxy) is 5. The van der Waals surface area contributed by atoms with E-state index in [1.807, 2.05) is 19.2 Å². The third-order valence-electron chi connectivity index (χ3n) is 12.6. The zero-order valence-corrected chi connectivity index (χ0v) is 36.5. The predicted octanol–water partition coefficient (Wildman–Crippen LogP) is 4.78. The smallest absolute Gasteiger partial charge is 0.293 e. The Morgan fingerprint density at radius 1 is 0.887 bits per heavy atom. The number of alkyl halides is 2. The van der Waals surface area contributed by atoms with Crippen LogP contribution in [0.3, 0.4) is 0 Å². The number of hydrogen-bond acceptors (Lipinski definition) is 15. The van der Waals surface area contributed by atoms with E-state index in [1.165, 1.54) is 31.1 Å². The minimum absolute atomic E-state index is 0.00947. The van der Waals surface area contributed by atoms with E-state index < -0.39 is 25.4 Å². The molecule has 7 fully saturated rings. The summed E-state index contributed by atoms with van der Waals surface area (Å²) in [5, 5.41) is 26.3. The number of hydrogen-bond donors (Lipinski definition) is 4. The Morgan fingerprint density at radius 3 is 1.92 bits per heavy atom. The Kier molecular flexibility index (Phi) is 13.0. The molecular formula is C45H64F2N8O7. The maximum absolute atomic E-state index is 13.1. The van der Waals surface area contributed by atoms with E-state index in [9.17, 15) is 19.0 Å². The fraction of sp³-hybridized carbons (Fsp3) is 0.689. The molecule has 5 N–H and O–H groups in total. The fourth-order valence-corrected chi connectivity index (χ4v) is 8.22. The lowest BCUT2D eigenvalue weighted by Crippen LogP contribution is -2.56. The highest BCUT2D eigenvalue weighted by atomic mass is 19.3. The maximum atomic E-state index is 13.1. The zero-order valence-electron chi connectivity index (χ0n) is 36.5. The predicted molar refractivity (Wildman–Crippen MR) is 232 cm³/mol. The van der Waals surface area contributed by atoms with Crippen molar-refractivity contribution in [3.63, 3.8) is 0 Å². The zero-order chi connectivity index (χ0) is 43.7. The quantitative estimate of drug-likeness (QED) is 0.0971. The molecule has 3 saturated carbocycles. The van der Waals surface area contributed by atoms with E-state index in [2.05, 4.69) is 63.2 Å². The van der Waals surface area contributed by atoms with Crippen molar-refractivity contribution in [1.29, 1.82) is 0 Å². The number of aliphatic imine (C=N–C) groups is 1. The Hall–Kier alpha value is -4.16. The van der Waals surface area contributed by atoms with Crippen molar-refractivity contribution >= 4 is 28.9 Å². The number of rotatable bonds is 17. The standard InChI is InChI=1S/C25H37N3O3.C20H27F2N5O4/c1-17(2)21(12-26-11-20-9-25(6-7-25)16-30-20)23-22(31-19-4-5-19)8-18(10-27-23)28-13-24(3,14-28)15-29;1-19(10-28)8-27(9-19)13-4-16(31-14-2-3-14)18(25-5-13)15(26-23)6-24-7-17-29-11-20(21,22)12-30-17/h8,10,12,17,19-20,26,29H,4-7,9,11,13-16H2,1-3H3;4-6,14,17,28H,2-3,7-12,23H2,1H3/b21-12+;24-6?,26-15+. The van der Waals surface area contributed by atoms with Gasteiger partial charge in [0.15, 0.2) is 6.29 Å². The molecule has 0 bridgehead atoms. The number of nitrogens with one attached hydrogen (secondary N) is 1. The molecule has 3 aliphatic carbocycles. The van der Waals surface area contributed by atoms with Gasteiger partial charge >= 0.3 is 0 Å². The van der Waals surface area contributed by atoms with E-state index in [0.717, 1.165) is 87.8 Å². The minimum atomic E-state index is -2.98. The van der Waals surface area contributed by atoms with Crippen molar-refractivity contribution in [3.8, 4) is 11.5 Å². The largest absolute Gasteiger partial charge is 0.488 e. The summed E-state index contributed by atoms with van der Waals surface area (Å²) in [6.45, 7) is 12.5. The lowest BCUT2D eigenvalue weighted by atomic mass is 9.82. The highest BCUT2D eigenvalue weighted by Crippen LogP contribution is 2.53. The molecule has 340 valence electrons. The second-order valence-corrected chi connectivity index (χ2v) is 19.6. The summed E-state index contributed by atoms with van der Waals surface area (Å²) >= 11 is 0. The van der Waals surface area contributed by atoms with Crippen molar-refractivity contribution in [2.45, 2.75) is 103 Å². The molecule has 4 saturated heterocycles. The van der Waals surface area contributed by atoms with Crippen LogP contribution in [0.15, 0.2) is 40.8 Å². The van der Waals surface area contributed by atoms with Crippen molar-refractivity contribution in [3.05, 3.63) is 42.1 Å².